The summed E-state index contributed by atoms with van der Waals surface area (Å²) in [5.41, 5.74) is 6.75. The first-order valence-corrected chi connectivity index (χ1v) is 10.6. The maximum absolute atomic E-state index is 15.0. The topological polar surface area (TPSA) is 133 Å². The van der Waals surface area contributed by atoms with E-state index in [4.69, 9.17) is 20.6 Å². The number of carbonyl (C=O) groups is 1. The normalized spacial score (nSPS) is 16.4. The average molecular weight is 458 g/mol. The Hall–Kier alpha value is -3.67. The van der Waals surface area contributed by atoms with E-state index in [-0.39, 0.29) is 18.3 Å². The van der Waals surface area contributed by atoms with Crippen molar-refractivity contribution in [3.05, 3.63) is 42.0 Å². The summed E-state index contributed by atoms with van der Waals surface area (Å²) < 4.78 is 25.3. The monoisotopic (exact) mass is 458 g/mol. The lowest BCUT2D eigenvalue weighted by atomic mass is 10.1. The summed E-state index contributed by atoms with van der Waals surface area (Å²) in [6.45, 7) is 3.91. The van der Waals surface area contributed by atoms with Crippen LogP contribution in [0.4, 0.5) is 26.5 Å². The van der Waals surface area contributed by atoms with Crippen LogP contribution in [-0.4, -0.2) is 74.5 Å². The van der Waals surface area contributed by atoms with Crippen molar-refractivity contribution in [1.29, 1.82) is 5.41 Å². The second-order valence-corrected chi connectivity index (χ2v) is 7.84. The number of halogens is 1. The van der Waals surface area contributed by atoms with Crippen molar-refractivity contribution in [3.8, 4) is 0 Å². The number of hydrogen-bond acceptors (Lipinski definition) is 9. The van der Waals surface area contributed by atoms with E-state index in [2.05, 4.69) is 19.8 Å². The number of benzene rings is 1. The molecule has 33 heavy (non-hydrogen) atoms. The summed E-state index contributed by atoms with van der Waals surface area (Å²) in [7, 11) is 1.71. The van der Waals surface area contributed by atoms with Gasteiger partial charge in [-0.2, -0.15) is 0 Å². The molecule has 12 heteroatoms. The van der Waals surface area contributed by atoms with E-state index in [0.29, 0.717) is 37.8 Å². The van der Waals surface area contributed by atoms with Crippen molar-refractivity contribution in [2.45, 2.75) is 12.7 Å². The molecule has 4 N–H and O–H groups in total. The van der Waals surface area contributed by atoms with E-state index in [1.807, 2.05) is 22.6 Å². The molecule has 0 radical (unpaired) electrons. The summed E-state index contributed by atoms with van der Waals surface area (Å²) in [6.07, 6.45) is 3.01. The van der Waals surface area contributed by atoms with E-state index >= 15 is 4.39 Å². The van der Waals surface area contributed by atoms with Gasteiger partial charge in [-0.15, -0.1) is 0 Å². The molecule has 3 heterocycles. The number of anilines is 3. The van der Waals surface area contributed by atoms with Crippen LogP contribution < -0.4 is 25.8 Å². The molecule has 0 atom stereocenters. The third kappa shape index (κ3) is 5.22. The zero-order valence-electron chi connectivity index (χ0n) is 18.3. The lowest BCUT2D eigenvalue weighted by Gasteiger charge is -2.39. The Kier molecular flexibility index (Phi) is 6.73. The predicted molar refractivity (Wildman–Crippen MR) is 121 cm³/mol. The molecular formula is C21H27FN8O3. The number of rotatable bonds is 6. The number of nitrogens with one attached hydrogen (secondary N) is 2. The number of methoxy groups -OCH3 is 1. The summed E-state index contributed by atoms with van der Waals surface area (Å²) in [6, 6.07) is 4.98. The molecule has 2 saturated heterocycles. The molecule has 0 bridgehead atoms. The van der Waals surface area contributed by atoms with Gasteiger partial charge in [-0.1, -0.05) is 12.1 Å². The van der Waals surface area contributed by atoms with Gasteiger partial charge in [0.05, 0.1) is 29.9 Å². The van der Waals surface area contributed by atoms with Crippen LogP contribution >= 0.6 is 0 Å². The minimum Gasteiger partial charge on any atom is -0.444 e. The zero-order chi connectivity index (χ0) is 23.4. The number of hydrogen-bond donors (Lipinski definition) is 3. The van der Waals surface area contributed by atoms with E-state index in [1.54, 1.807) is 25.3 Å². The minimum absolute atomic E-state index is 0.245. The molecule has 2 fully saturated rings. The van der Waals surface area contributed by atoms with Crippen LogP contribution in [0, 0.1) is 11.2 Å². The first-order chi connectivity index (χ1) is 15.9. The average Bonchev–Trinajstić information content (AvgIpc) is 2.78. The van der Waals surface area contributed by atoms with Crippen LogP contribution in [0.5, 0.6) is 0 Å². The fourth-order valence-electron chi connectivity index (χ4n) is 3.80. The molecule has 0 unspecified atom stereocenters. The lowest BCUT2D eigenvalue weighted by molar-refractivity contribution is 0.0787. The van der Waals surface area contributed by atoms with Gasteiger partial charge in [-0.05, 0) is 6.07 Å². The summed E-state index contributed by atoms with van der Waals surface area (Å²) in [5, 5.41) is 9.01. The van der Waals surface area contributed by atoms with Crippen LogP contribution in [0.1, 0.15) is 5.56 Å². The number of carbonyl (C=O) groups excluding carboxylic acids is 1. The van der Waals surface area contributed by atoms with Crippen molar-refractivity contribution in [3.63, 3.8) is 0 Å². The Morgan fingerprint density at radius 1 is 1.18 bits per heavy atom. The molecule has 0 aliphatic carbocycles. The number of piperazine rings is 1. The standard InChI is InChI=1S/C21H27FN8O3/c1-32-16-11-30(12-16)15-9-25-20(26-10-15)29-7-5-28(6-8-29)17-4-2-3-14(18(17)22)13-33-21(31)27-19(23)24/h2-4,9-10,16H,5-8,11-13H2,1H3,(H4,23,24,27,31). The summed E-state index contributed by atoms with van der Waals surface area (Å²) >= 11 is 0. The zero-order valence-corrected chi connectivity index (χ0v) is 18.3. The Balaban J connectivity index is 1.32. The lowest BCUT2D eigenvalue weighted by Crippen LogP contribution is -2.52. The number of ether oxygens (including phenoxy) is 2. The van der Waals surface area contributed by atoms with Gasteiger partial charge in [0.2, 0.25) is 5.95 Å². The third-order valence-electron chi connectivity index (χ3n) is 5.73. The number of nitrogens with zero attached hydrogens (tertiary/aromatic N) is 5. The number of guanidine groups is 1. The van der Waals surface area contributed by atoms with Crippen LogP contribution in [-0.2, 0) is 16.1 Å². The highest BCUT2D eigenvalue weighted by Gasteiger charge is 2.27. The summed E-state index contributed by atoms with van der Waals surface area (Å²) in [5.74, 6) is -0.321. The first kappa shape index (κ1) is 22.5. The van der Waals surface area contributed by atoms with Gasteiger partial charge in [0.15, 0.2) is 11.8 Å². The van der Waals surface area contributed by atoms with E-state index in [0.717, 1.165) is 18.8 Å². The predicted octanol–water partition coefficient (Wildman–Crippen LogP) is 0.897. The molecular weight excluding hydrogens is 431 g/mol. The quantitative estimate of drug-likeness (QED) is 0.426. The third-order valence-corrected chi connectivity index (χ3v) is 5.73. The van der Waals surface area contributed by atoms with Gasteiger partial charge in [-0.3, -0.25) is 10.7 Å². The second kappa shape index (κ2) is 9.86. The van der Waals surface area contributed by atoms with Gasteiger partial charge in [0.25, 0.3) is 0 Å². The molecule has 2 aliphatic heterocycles. The molecule has 176 valence electrons. The van der Waals surface area contributed by atoms with Crippen LogP contribution in [0.15, 0.2) is 30.6 Å². The van der Waals surface area contributed by atoms with E-state index in [1.165, 1.54) is 0 Å². The fraction of sp³-hybridized carbons (Fsp3) is 0.429. The van der Waals surface area contributed by atoms with Gasteiger partial charge >= 0.3 is 6.09 Å². The molecule has 1 aromatic carbocycles. The van der Waals surface area contributed by atoms with Crippen molar-refractivity contribution in [2.24, 2.45) is 5.73 Å². The van der Waals surface area contributed by atoms with Crippen LogP contribution in [0.3, 0.4) is 0 Å². The van der Waals surface area contributed by atoms with Crippen LogP contribution in [0.2, 0.25) is 0 Å². The highest BCUT2D eigenvalue weighted by molar-refractivity contribution is 5.90. The Bertz CT molecular complexity index is 992. The SMILES string of the molecule is COC1CN(c2cnc(N3CCN(c4cccc(COC(=O)NC(=N)N)c4F)CC3)nc2)C1. The number of nitrogens with two attached hydrogens (primary N) is 1. The molecule has 1 amide bonds. The molecule has 0 saturated carbocycles. The Morgan fingerprint density at radius 3 is 2.48 bits per heavy atom. The van der Waals surface area contributed by atoms with Crippen molar-refractivity contribution in [1.82, 2.24) is 15.3 Å². The van der Waals surface area contributed by atoms with E-state index < -0.39 is 17.9 Å². The Morgan fingerprint density at radius 2 is 1.85 bits per heavy atom. The van der Waals surface area contributed by atoms with Crippen molar-refractivity contribution >= 4 is 29.4 Å². The number of amides is 1. The molecule has 11 nitrogen and oxygen atoms in total. The maximum Gasteiger partial charge on any atom is 0.414 e. The minimum atomic E-state index is -0.903. The highest BCUT2D eigenvalue weighted by atomic mass is 19.1. The number of alkyl carbamates (subject to hydrolysis) is 1. The first-order valence-electron chi connectivity index (χ1n) is 10.6. The van der Waals surface area contributed by atoms with Crippen LogP contribution in [0.25, 0.3) is 0 Å². The number of aromatic nitrogens is 2. The molecule has 1 aromatic heterocycles. The van der Waals surface area contributed by atoms with E-state index in [9.17, 15) is 4.79 Å². The fourth-order valence-corrected chi connectivity index (χ4v) is 3.80. The largest absolute Gasteiger partial charge is 0.444 e. The van der Waals surface area contributed by atoms with Crippen molar-refractivity contribution < 1.29 is 18.7 Å². The molecule has 4 rings (SSSR count). The Labute approximate surface area is 190 Å². The van der Waals surface area contributed by atoms with Gasteiger partial charge in [0, 0.05) is 51.9 Å². The molecule has 2 aliphatic rings. The highest BCUT2D eigenvalue weighted by Crippen LogP contribution is 2.26. The van der Waals surface area contributed by atoms with Gasteiger partial charge in [-0.25, -0.2) is 19.2 Å². The van der Waals surface area contributed by atoms with Crippen molar-refractivity contribution in [2.75, 3.05) is 61.1 Å². The summed E-state index contributed by atoms with van der Waals surface area (Å²) in [4.78, 5) is 26.7. The maximum atomic E-state index is 15.0. The van der Waals surface area contributed by atoms with Gasteiger partial charge < -0.3 is 29.9 Å². The van der Waals surface area contributed by atoms with Gasteiger partial charge in [0.1, 0.15) is 6.61 Å². The molecule has 2 aromatic rings. The smallest absolute Gasteiger partial charge is 0.414 e. The second-order valence-electron chi connectivity index (χ2n) is 7.84. The molecule has 0 spiro atoms.